The first-order valence-corrected chi connectivity index (χ1v) is 12.1. The van der Waals surface area contributed by atoms with Crippen molar-refractivity contribution in [3.63, 3.8) is 0 Å². The van der Waals surface area contributed by atoms with E-state index in [2.05, 4.69) is 5.32 Å². The van der Waals surface area contributed by atoms with Crippen LogP contribution in [0, 0.1) is 13.8 Å². The summed E-state index contributed by atoms with van der Waals surface area (Å²) in [6.07, 6.45) is 0. The summed E-state index contributed by atoms with van der Waals surface area (Å²) in [6, 6.07) is 18.6. The van der Waals surface area contributed by atoms with Gasteiger partial charge in [-0.25, -0.2) is 13.2 Å². The van der Waals surface area contributed by atoms with Gasteiger partial charge in [-0.05, 0) is 67.4 Å². The molecular formula is C25H26N4O4S. The summed E-state index contributed by atoms with van der Waals surface area (Å²) in [5, 5.41) is 2.77. The van der Waals surface area contributed by atoms with Crippen LogP contribution >= 0.6 is 0 Å². The third-order valence-electron chi connectivity index (χ3n) is 5.67. The van der Waals surface area contributed by atoms with Crippen molar-refractivity contribution in [3.8, 4) is 0 Å². The van der Waals surface area contributed by atoms with E-state index in [-0.39, 0.29) is 10.6 Å². The number of hydrogen-bond acceptors (Lipinski definition) is 4. The zero-order valence-corrected chi connectivity index (χ0v) is 20.3. The first kappa shape index (κ1) is 23.3. The fourth-order valence-corrected chi connectivity index (χ4v) is 5.47. The number of amides is 1. The van der Waals surface area contributed by atoms with Crippen molar-refractivity contribution in [2.24, 2.45) is 14.1 Å². The van der Waals surface area contributed by atoms with Crippen LogP contribution in [0.4, 0.5) is 11.4 Å². The second kappa shape index (κ2) is 8.83. The molecule has 0 radical (unpaired) electrons. The second-order valence-corrected chi connectivity index (χ2v) is 10.2. The number of rotatable bonds is 6. The number of aromatic nitrogens is 2. The molecule has 0 aliphatic carbocycles. The predicted molar refractivity (Wildman–Crippen MR) is 134 cm³/mol. The monoisotopic (exact) mass is 478 g/mol. The minimum atomic E-state index is -3.99. The first-order valence-electron chi connectivity index (χ1n) is 10.7. The molecule has 4 rings (SSSR count). The summed E-state index contributed by atoms with van der Waals surface area (Å²) < 4.78 is 31.2. The van der Waals surface area contributed by atoms with E-state index in [1.165, 1.54) is 21.3 Å². The molecule has 0 aliphatic rings. The maximum atomic E-state index is 13.5. The van der Waals surface area contributed by atoms with Crippen LogP contribution in [-0.2, 0) is 28.9 Å². The van der Waals surface area contributed by atoms with Gasteiger partial charge in [0.2, 0.25) is 5.91 Å². The van der Waals surface area contributed by atoms with Crippen LogP contribution in [0.3, 0.4) is 0 Å². The Hall–Kier alpha value is -3.85. The van der Waals surface area contributed by atoms with Crippen LogP contribution in [0.15, 0.2) is 76.4 Å². The predicted octanol–water partition coefficient (Wildman–Crippen LogP) is 3.33. The van der Waals surface area contributed by atoms with Gasteiger partial charge >= 0.3 is 5.69 Å². The van der Waals surface area contributed by atoms with Gasteiger partial charge in [-0.1, -0.05) is 24.3 Å². The Morgan fingerprint density at radius 1 is 0.882 bits per heavy atom. The van der Waals surface area contributed by atoms with Crippen LogP contribution in [0.2, 0.25) is 0 Å². The molecule has 1 N–H and O–H groups in total. The smallest absolute Gasteiger partial charge is 0.324 e. The number of carbonyl (C=O) groups excluding carboxylic acids is 1. The standard InChI is InChI=1S/C25H26N4O4S/c1-17-12-18(2)14-20(13-17)29(34(32,33)21-8-6-5-7-9-21)16-24(30)26-19-10-11-22-23(15-19)28(4)25(31)27(22)3/h5-15H,16H2,1-4H3,(H,26,30). The van der Waals surface area contributed by atoms with E-state index in [4.69, 9.17) is 0 Å². The molecule has 9 heteroatoms. The van der Waals surface area contributed by atoms with Crippen LogP contribution in [-0.4, -0.2) is 30.0 Å². The molecule has 34 heavy (non-hydrogen) atoms. The van der Waals surface area contributed by atoms with E-state index >= 15 is 0 Å². The van der Waals surface area contributed by atoms with Crippen molar-refractivity contribution in [1.29, 1.82) is 0 Å². The largest absolute Gasteiger partial charge is 0.328 e. The fourth-order valence-electron chi connectivity index (χ4n) is 4.04. The third kappa shape index (κ3) is 4.34. The van der Waals surface area contributed by atoms with Gasteiger partial charge in [-0.2, -0.15) is 0 Å². The lowest BCUT2D eigenvalue weighted by Crippen LogP contribution is -2.38. The van der Waals surface area contributed by atoms with Crippen LogP contribution in [0.5, 0.6) is 0 Å². The lowest BCUT2D eigenvalue weighted by molar-refractivity contribution is -0.114. The molecule has 1 aromatic heterocycles. The molecule has 0 saturated carbocycles. The highest BCUT2D eigenvalue weighted by Gasteiger charge is 2.27. The molecule has 0 aliphatic heterocycles. The maximum absolute atomic E-state index is 13.5. The summed E-state index contributed by atoms with van der Waals surface area (Å²) >= 11 is 0. The van der Waals surface area contributed by atoms with E-state index in [9.17, 15) is 18.0 Å². The van der Waals surface area contributed by atoms with E-state index in [0.717, 1.165) is 20.9 Å². The topological polar surface area (TPSA) is 93.4 Å². The van der Waals surface area contributed by atoms with Crippen molar-refractivity contribution in [2.75, 3.05) is 16.2 Å². The Kier molecular flexibility index (Phi) is 6.05. The van der Waals surface area contributed by atoms with Crippen molar-refractivity contribution in [3.05, 3.63) is 88.3 Å². The number of nitrogens with one attached hydrogen (secondary N) is 1. The van der Waals surface area contributed by atoms with Gasteiger partial charge in [-0.15, -0.1) is 0 Å². The minimum absolute atomic E-state index is 0.0997. The van der Waals surface area contributed by atoms with Crippen molar-refractivity contribution < 1.29 is 13.2 Å². The number of imidazole rings is 1. The molecule has 0 saturated heterocycles. The van der Waals surface area contributed by atoms with Gasteiger partial charge < -0.3 is 5.32 Å². The molecule has 1 amide bonds. The summed E-state index contributed by atoms with van der Waals surface area (Å²) in [4.78, 5) is 25.3. The number of aryl methyl sites for hydroxylation is 4. The molecule has 0 bridgehead atoms. The van der Waals surface area contributed by atoms with Crippen LogP contribution < -0.4 is 15.3 Å². The molecule has 4 aromatic rings. The maximum Gasteiger partial charge on any atom is 0.328 e. The third-order valence-corrected chi connectivity index (χ3v) is 7.46. The number of benzene rings is 3. The average molecular weight is 479 g/mol. The van der Waals surface area contributed by atoms with Crippen molar-refractivity contribution in [2.45, 2.75) is 18.7 Å². The van der Waals surface area contributed by atoms with Gasteiger partial charge in [0.15, 0.2) is 0 Å². The Morgan fingerprint density at radius 3 is 2.15 bits per heavy atom. The minimum Gasteiger partial charge on any atom is -0.324 e. The molecule has 3 aromatic carbocycles. The molecule has 0 fully saturated rings. The lowest BCUT2D eigenvalue weighted by Gasteiger charge is -2.25. The molecule has 176 valence electrons. The normalized spacial score (nSPS) is 11.5. The molecule has 0 atom stereocenters. The molecule has 8 nitrogen and oxygen atoms in total. The average Bonchev–Trinajstić information content (AvgIpc) is 3.01. The fraction of sp³-hybridized carbons (Fsp3) is 0.200. The summed E-state index contributed by atoms with van der Waals surface area (Å²) in [7, 11) is -0.658. The summed E-state index contributed by atoms with van der Waals surface area (Å²) in [6.45, 7) is 3.35. The Bertz CT molecular complexity index is 1530. The molecule has 0 unspecified atom stereocenters. The molecule has 0 spiro atoms. The quantitative estimate of drug-likeness (QED) is 0.460. The first-order chi connectivity index (χ1) is 16.1. The van der Waals surface area contributed by atoms with Gasteiger partial charge in [-0.3, -0.25) is 18.2 Å². The second-order valence-electron chi connectivity index (χ2n) is 8.32. The highest BCUT2D eigenvalue weighted by atomic mass is 32.2. The zero-order valence-electron chi connectivity index (χ0n) is 19.4. The Balaban J connectivity index is 1.69. The number of carbonyl (C=O) groups is 1. The van der Waals surface area contributed by atoms with E-state index in [1.54, 1.807) is 62.6 Å². The van der Waals surface area contributed by atoms with Gasteiger partial charge in [0.1, 0.15) is 6.54 Å². The molecule has 1 heterocycles. The van der Waals surface area contributed by atoms with Crippen molar-refractivity contribution in [1.82, 2.24) is 9.13 Å². The van der Waals surface area contributed by atoms with Crippen LogP contribution in [0.25, 0.3) is 11.0 Å². The Morgan fingerprint density at radius 2 is 1.50 bits per heavy atom. The van der Waals surface area contributed by atoms with Gasteiger partial charge in [0.05, 0.1) is 21.6 Å². The van der Waals surface area contributed by atoms with Crippen molar-refractivity contribution >= 4 is 38.3 Å². The van der Waals surface area contributed by atoms with E-state index in [0.29, 0.717) is 16.9 Å². The number of anilines is 2. The molecular weight excluding hydrogens is 452 g/mol. The summed E-state index contributed by atoms with van der Waals surface area (Å²) in [5.74, 6) is -0.501. The van der Waals surface area contributed by atoms with Gasteiger partial charge in [0.25, 0.3) is 10.0 Å². The number of nitrogens with zero attached hydrogens (tertiary/aromatic N) is 3. The SMILES string of the molecule is Cc1cc(C)cc(N(CC(=O)Nc2ccc3c(c2)n(C)c(=O)n3C)S(=O)(=O)c2ccccc2)c1. The van der Waals surface area contributed by atoms with Gasteiger partial charge in [0, 0.05) is 19.8 Å². The number of fused-ring (bicyclic) bond motifs is 1. The lowest BCUT2D eigenvalue weighted by atomic mass is 10.1. The number of hydrogen-bond donors (Lipinski definition) is 1. The summed E-state index contributed by atoms with van der Waals surface area (Å²) in [5.41, 5.74) is 3.88. The van der Waals surface area contributed by atoms with Crippen LogP contribution in [0.1, 0.15) is 11.1 Å². The highest BCUT2D eigenvalue weighted by molar-refractivity contribution is 7.92. The Labute approximate surface area is 198 Å². The number of sulfonamides is 1. The van der Waals surface area contributed by atoms with E-state index < -0.39 is 22.5 Å². The highest BCUT2D eigenvalue weighted by Crippen LogP contribution is 2.26. The van der Waals surface area contributed by atoms with E-state index in [1.807, 2.05) is 19.9 Å². The zero-order chi connectivity index (χ0) is 24.6.